The van der Waals surface area contributed by atoms with Crippen molar-refractivity contribution in [2.45, 2.75) is 6.54 Å². The van der Waals surface area contributed by atoms with Crippen molar-refractivity contribution in [3.05, 3.63) is 30.1 Å². The van der Waals surface area contributed by atoms with Crippen LogP contribution in [-0.2, 0) is 6.54 Å². The minimum absolute atomic E-state index is 0.500. The Bertz CT molecular complexity index is 153. The van der Waals surface area contributed by atoms with Crippen LogP contribution in [0.25, 0.3) is 0 Å². The van der Waals surface area contributed by atoms with Crippen molar-refractivity contribution in [3.8, 4) is 0 Å². The predicted octanol–water partition coefficient (Wildman–Crippen LogP) is 1.13. The van der Waals surface area contributed by atoms with Gasteiger partial charge in [-0.3, -0.25) is 9.37 Å². The Morgan fingerprint density at radius 1 is 1.50 bits per heavy atom. The number of halogens is 1. The molecule has 0 atom stereocenters. The number of rotatable bonds is 1. The molecule has 1 heterocycles. The van der Waals surface area contributed by atoms with E-state index >= 15 is 0 Å². The molecule has 2 nitrogen and oxygen atoms in total. The van der Waals surface area contributed by atoms with Crippen LogP contribution >= 0.6 is 0 Å². The van der Waals surface area contributed by atoms with Crippen LogP contribution in [0.2, 0.25) is 0 Å². The molecule has 10 heavy (non-hydrogen) atoms. The molecule has 0 aliphatic carbocycles. The van der Waals surface area contributed by atoms with Gasteiger partial charge < -0.3 is 5.73 Å². The van der Waals surface area contributed by atoms with Gasteiger partial charge in [0.25, 0.3) is 0 Å². The smallest absolute Gasteiger partial charge is 0.0785 e. The molecule has 3 heteroatoms. The second-order valence-electron chi connectivity index (χ2n) is 1.53. The second kappa shape index (κ2) is 6.16. The lowest BCUT2D eigenvalue weighted by atomic mass is 10.4. The van der Waals surface area contributed by atoms with E-state index < -0.39 is 0 Å². The van der Waals surface area contributed by atoms with E-state index in [2.05, 4.69) is 4.98 Å². The van der Waals surface area contributed by atoms with Gasteiger partial charge in [-0.25, -0.2) is 0 Å². The first kappa shape index (κ1) is 9.04. The zero-order valence-corrected chi connectivity index (χ0v) is 5.92. The fourth-order valence-electron chi connectivity index (χ4n) is 0.519. The summed E-state index contributed by atoms with van der Waals surface area (Å²) in [5.41, 5.74) is 6.22. The molecule has 56 valence electrons. The Morgan fingerprint density at radius 3 is 2.50 bits per heavy atom. The normalized spacial score (nSPS) is 7.90. The van der Waals surface area contributed by atoms with Crippen LogP contribution < -0.4 is 5.73 Å². The van der Waals surface area contributed by atoms with Crippen LogP contribution in [0.3, 0.4) is 0 Å². The molecule has 0 spiro atoms. The second-order valence-corrected chi connectivity index (χ2v) is 1.53. The molecule has 0 saturated heterocycles. The number of pyridine rings is 1. The first-order valence-electron chi connectivity index (χ1n) is 2.91. The van der Waals surface area contributed by atoms with Crippen molar-refractivity contribution >= 4 is 0 Å². The number of hydrogen-bond acceptors (Lipinski definition) is 2. The van der Waals surface area contributed by atoms with E-state index in [4.69, 9.17) is 5.73 Å². The van der Waals surface area contributed by atoms with Crippen LogP contribution in [0.4, 0.5) is 4.39 Å². The molecule has 1 aromatic heterocycles. The molecule has 1 aromatic rings. The summed E-state index contributed by atoms with van der Waals surface area (Å²) in [6, 6.07) is 5.70. The lowest BCUT2D eigenvalue weighted by Crippen LogP contribution is -1.97. The van der Waals surface area contributed by atoms with E-state index in [0.29, 0.717) is 13.7 Å². The molecule has 0 radical (unpaired) electrons. The maximum Gasteiger partial charge on any atom is 0.0785 e. The third-order valence-electron chi connectivity index (χ3n) is 0.935. The highest BCUT2D eigenvalue weighted by Crippen LogP contribution is 1.88. The highest BCUT2D eigenvalue weighted by molar-refractivity contribution is 5.02. The van der Waals surface area contributed by atoms with Crippen LogP contribution in [-0.4, -0.2) is 12.2 Å². The molecule has 0 bridgehead atoms. The van der Waals surface area contributed by atoms with Crippen LogP contribution in [0.1, 0.15) is 5.69 Å². The molecule has 0 unspecified atom stereocenters. The minimum atomic E-state index is 0.500. The average Bonchev–Trinajstić information content (AvgIpc) is 2.10. The number of nitrogens with two attached hydrogens (primary N) is 1. The molecule has 0 fully saturated rings. The van der Waals surface area contributed by atoms with Gasteiger partial charge in [-0.2, -0.15) is 0 Å². The fourth-order valence-corrected chi connectivity index (χ4v) is 0.519. The lowest BCUT2D eigenvalue weighted by Gasteiger charge is -1.89. The van der Waals surface area contributed by atoms with E-state index in [1.807, 2.05) is 18.2 Å². The summed E-state index contributed by atoms with van der Waals surface area (Å²) < 4.78 is 9.50. The first-order chi connectivity index (χ1) is 4.93. The zero-order valence-electron chi connectivity index (χ0n) is 5.92. The number of nitrogens with zero attached hydrogens (tertiary/aromatic N) is 1. The summed E-state index contributed by atoms with van der Waals surface area (Å²) in [5, 5.41) is 0. The quantitative estimate of drug-likeness (QED) is 0.638. The van der Waals surface area contributed by atoms with Gasteiger partial charge in [0.15, 0.2) is 0 Å². The van der Waals surface area contributed by atoms with Gasteiger partial charge in [0, 0.05) is 12.7 Å². The number of hydrogen-bond donors (Lipinski definition) is 1. The van der Waals surface area contributed by atoms with Crippen molar-refractivity contribution in [2.75, 3.05) is 7.18 Å². The molecule has 0 aliphatic rings. The van der Waals surface area contributed by atoms with Crippen LogP contribution in [0, 0.1) is 0 Å². The Balaban J connectivity index is 0.000000371. The molecule has 0 amide bonds. The SMILES string of the molecule is CF.NCc1ccccn1. The predicted molar refractivity (Wildman–Crippen MR) is 39.2 cm³/mol. The topological polar surface area (TPSA) is 38.9 Å². The Kier molecular flexibility index (Phi) is 5.57. The van der Waals surface area contributed by atoms with Crippen LogP contribution in [0.5, 0.6) is 0 Å². The Labute approximate surface area is 59.9 Å². The third-order valence-corrected chi connectivity index (χ3v) is 0.935. The maximum atomic E-state index is 9.50. The molecule has 0 aliphatic heterocycles. The Morgan fingerprint density at radius 2 is 2.20 bits per heavy atom. The van der Waals surface area contributed by atoms with Crippen molar-refractivity contribution in [2.24, 2.45) is 5.73 Å². The van der Waals surface area contributed by atoms with E-state index in [1.54, 1.807) is 6.20 Å². The van der Waals surface area contributed by atoms with Gasteiger partial charge in [0.05, 0.1) is 12.9 Å². The fraction of sp³-hybridized carbons (Fsp3) is 0.286. The molecule has 1 rings (SSSR count). The largest absolute Gasteiger partial charge is 0.325 e. The third kappa shape index (κ3) is 3.14. The first-order valence-corrected chi connectivity index (χ1v) is 2.91. The van der Waals surface area contributed by atoms with Gasteiger partial charge in [-0.05, 0) is 12.1 Å². The highest BCUT2D eigenvalue weighted by Gasteiger charge is 1.81. The number of aromatic nitrogens is 1. The van der Waals surface area contributed by atoms with Crippen molar-refractivity contribution in [3.63, 3.8) is 0 Å². The molecule has 0 saturated carbocycles. The van der Waals surface area contributed by atoms with E-state index in [1.165, 1.54) is 0 Å². The minimum Gasteiger partial charge on any atom is -0.325 e. The molecular formula is C7H11FN2. The summed E-state index contributed by atoms with van der Waals surface area (Å²) in [4.78, 5) is 3.97. The lowest BCUT2D eigenvalue weighted by molar-refractivity contribution is 0.636. The van der Waals surface area contributed by atoms with Gasteiger partial charge in [0.2, 0.25) is 0 Å². The average molecular weight is 142 g/mol. The summed E-state index contributed by atoms with van der Waals surface area (Å²) in [6.45, 7) is 0.529. The van der Waals surface area contributed by atoms with Crippen molar-refractivity contribution in [1.82, 2.24) is 4.98 Å². The summed E-state index contributed by atoms with van der Waals surface area (Å²) in [7, 11) is 0.500. The molecular weight excluding hydrogens is 131 g/mol. The summed E-state index contributed by atoms with van der Waals surface area (Å²) >= 11 is 0. The van der Waals surface area contributed by atoms with Crippen molar-refractivity contribution < 1.29 is 4.39 Å². The molecule has 2 N–H and O–H groups in total. The monoisotopic (exact) mass is 142 g/mol. The maximum absolute atomic E-state index is 9.50. The van der Waals surface area contributed by atoms with E-state index in [9.17, 15) is 4.39 Å². The standard InChI is InChI=1S/C6H8N2.CH3F/c7-5-6-3-1-2-4-8-6;1-2/h1-4H,5,7H2;1H3. The summed E-state index contributed by atoms with van der Waals surface area (Å²) in [5.74, 6) is 0. The van der Waals surface area contributed by atoms with Gasteiger partial charge in [-0.15, -0.1) is 0 Å². The van der Waals surface area contributed by atoms with Gasteiger partial charge >= 0.3 is 0 Å². The number of alkyl halides is 1. The van der Waals surface area contributed by atoms with Crippen molar-refractivity contribution in [1.29, 1.82) is 0 Å². The Hall–Kier alpha value is -0.960. The van der Waals surface area contributed by atoms with E-state index in [0.717, 1.165) is 5.69 Å². The van der Waals surface area contributed by atoms with Gasteiger partial charge in [0.1, 0.15) is 0 Å². The van der Waals surface area contributed by atoms with E-state index in [-0.39, 0.29) is 0 Å². The molecule has 0 aromatic carbocycles. The zero-order chi connectivity index (χ0) is 7.82. The highest BCUT2D eigenvalue weighted by atomic mass is 19.1. The van der Waals surface area contributed by atoms with Gasteiger partial charge in [-0.1, -0.05) is 6.07 Å². The summed E-state index contributed by atoms with van der Waals surface area (Å²) in [6.07, 6.45) is 1.74. The van der Waals surface area contributed by atoms with Crippen LogP contribution in [0.15, 0.2) is 24.4 Å².